The van der Waals surface area contributed by atoms with Crippen molar-refractivity contribution in [2.45, 2.75) is 26.9 Å². The van der Waals surface area contributed by atoms with Crippen LogP contribution in [0.3, 0.4) is 0 Å². The van der Waals surface area contributed by atoms with Crippen molar-refractivity contribution in [1.29, 1.82) is 0 Å². The lowest BCUT2D eigenvalue weighted by molar-refractivity contribution is 0.0691. The number of ether oxygens (including phenoxy) is 1. The number of aromatic carboxylic acids is 1. The van der Waals surface area contributed by atoms with Crippen LogP contribution >= 0.6 is 11.3 Å². The molecule has 0 aliphatic rings. The summed E-state index contributed by atoms with van der Waals surface area (Å²) in [5.74, 6) is -0.538. The van der Waals surface area contributed by atoms with Gasteiger partial charge in [0.25, 0.3) is 0 Å². The predicted octanol–water partition coefficient (Wildman–Crippen LogP) is 3.90. The van der Waals surface area contributed by atoms with Gasteiger partial charge in [0.1, 0.15) is 17.9 Å². The highest BCUT2D eigenvalue weighted by molar-refractivity contribution is 7.11. The monoisotopic (exact) mass is 276 g/mol. The maximum Gasteiger partial charge on any atom is 0.339 e. The van der Waals surface area contributed by atoms with Crippen LogP contribution in [0.15, 0.2) is 30.3 Å². The summed E-state index contributed by atoms with van der Waals surface area (Å²) in [7, 11) is 0. The van der Waals surface area contributed by atoms with Crippen LogP contribution in [-0.4, -0.2) is 11.1 Å². The molecule has 0 atom stereocenters. The first-order valence-electron chi connectivity index (χ1n) is 6.14. The average Bonchev–Trinajstić information content (AvgIpc) is 2.85. The first-order valence-corrected chi connectivity index (χ1v) is 6.96. The van der Waals surface area contributed by atoms with Gasteiger partial charge in [0.15, 0.2) is 0 Å². The molecule has 1 aromatic carbocycles. The second-order valence-corrected chi connectivity index (χ2v) is 5.57. The second-order valence-electron chi connectivity index (χ2n) is 4.32. The minimum absolute atomic E-state index is 0.215. The molecule has 1 aromatic heterocycles. The SMILES string of the molecule is CCc1ccc(COc2ccc(C)cc2C(=O)O)s1. The molecule has 0 aliphatic heterocycles. The lowest BCUT2D eigenvalue weighted by Gasteiger charge is -2.08. The topological polar surface area (TPSA) is 46.5 Å². The van der Waals surface area contributed by atoms with E-state index in [-0.39, 0.29) is 5.56 Å². The van der Waals surface area contributed by atoms with Gasteiger partial charge in [-0.1, -0.05) is 18.6 Å². The predicted molar refractivity (Wildman–Crippen MR) is 76.2 cm³/mol. The van der Waals surface area contributed by atoms with Gasteiger partial charge in [-0.25, -0.2) is 4.79 Å². The summed E-state index contributed by atoms with van der Waals surface area (Å²) >= 11 is 1.70. The molecule has 0 bridgehead atoms. The Morgan fingerprint density at radius 2 is 2.00 bits per heavy atom. The van der Waals surface area contributed by atoms with E-state index < -0.39 is 5.97 Å². The number of hydrogen-bond donors (Lipinski definition) is 1. The second kappa shape index (κ2) is 5.89. The van der Waals surface area contributed by atoms with Crippen LogP contribution in [0.1, 0.15) is 32.6 Å². The molecule has 100 valence electrons. The van der Waals surface area contributed by atoms with Gasteiger partial charge in [0, 0.05) is 9.75 Å². The van der Waals surface area contributed by atoms with Crippen molar-refractivity contribution in [1.82, 2.24) is 0 Å². The normalized spacial score (nSPS) is 10.4. The zero-order valence-electron chi connectivity index (χ0n) is 11.0. The summed E-state index contributed by atoms with van der Waals surface area (Å²) in [4.78, 5) is 13.6. The summed E-state index contributed by atoms with van der Waals surface area (Å²) in [5.41, 5.74) is 1.13. The quantitative estimate of drug-likeness (QED) is 0.901. The largest absolute Gasteiger partial charge is 0.487 e. The minimum atomic E-state index is -0.959. The molecule has 19 heavy (non-hydrogen) atoms. The molecule has 2 rings (SSSR count). The van der Waals surface area contributed by atoms with Crippen LogP contribution in [0.25, 0.3) is 0 Å². The molecule has 1 heterocycles. The molecule has 0 radical (unpaired) electrons. The van der Waals surface area contributed by atoms with Crippen LogP contribution in [0.5, 0.6) is 5.75 Å². The molecule has 0 saturated heterocycles. The highest BCUT2D eigenvalue weighted by atomic mass is 32.1. The number of benzene rings is 1. The van der Waals surface area contributed by atoms with E-state index >= 15 is 0 Å². The molecule has 4 heteroatoms. The summed E-state index contributed by atoms with van der Waals surface area (Å²) in [6, 6.07) is 9.30. The van der Waals surface area contributed by atoms with Gasteiger partial charge in [-0.15, -0.1) is 11.3 Å². The maximum absolute atomic E-state index is 11.2. The van der Waals surface area contributed by atoms with Crippen molar-refractivity contribution < 1.29 is 14.6 Å². The molecule has 0 unspecified atom stereocenters. The Morgan fingerprint density at radius 3 is 2.63 bits per heavy atom. The number of carbonyl (C=O) groups is 1. The van der Waals surface area contributed by atoms with E-state index in [0.717, 1.165) is 16.9 Å². The average molecular weight is 276 g/mol. The third-order valence-electron chi connectivity index (χ3n) is 2.80. The highest BCUT2D eigenvalue weighted by Gasteiger charge is 2.11. The van der Waals surface area contributed by atoms with E-state index in [1.165, 1.54) is 4.88 Å². The molecular formula is C15H16O3S. The van der Waals surface area contributed by atoms with Crippen molar-refractivity contribution in [2.75, 3.05) is 0 Å². The van der Waals surface area contributed by atoms with Gasteiger partial charge in [0.05, 0.1) is 0 Å². The summed E-state index contributed by atoms with van der Waals surface area (Å²) in [6.45, 7) is 4.38. The summed E-state index contributed by atoms with van der Waals surface area (Å²) < 4.78 is 5.63. The van der Waals surface area contributed by atoms with Crippen LogP contribution in [0, 0.1) is 6.92 Å². The third kappa shape index (κ3) is 3.35. The number of rotatable bonds is 5. The Kier molecular flexibility index (Phi) is 4.22. The van der Waals surface area contributed by atoms with Gasteiger partial charge in [-0.3, -0.25) is 0 Å². The highest BCUT2D eigenvalue weighted by Crippen LogP contribution is 2.23. The van der Waals surface area contributed by atoms with Crippen molar-refractivity contribution in [3.63, 3.8) is 0 Å². The fraction of sp³-hybridized carbons (Fsp3) is 0.267. The Bertz CT molecular complexity index is 587. The molecule has 0 saturated carbocycles. The lowest BCUT2D eigenvalue weighted by atomic mass is 10.1. The minimum Gasteiger partial charge on any atom is -0.487 e. The number of thiophene rings is 1. The molecule has 2 aromatic rings. The molecular weight excluding hydrogens is 260 g/mol. The lowest BCUT2D eigenvalue weighted by Crippen LogP contribution is -2.03. The van der Waals surface area contributed by atoms with Crippen molar-refractivity contribution in [2.24, 2.45) is 0 Å². The van der Waals surface area contributed by atoms with Gasteiger partial charge >= 0.3 is 5.97 Å². The fourth-order valence-electron chi connectivity index (χ4n) is 1.78. The van der Waals surface area contributed by atoms with E-state index in [4.69, 9.17) is 9.84 Å². The number of aryl methyl sites for hydroxylation is 2. The van der Waals surface area contributed by atoms with Crippen molar-refractivity contribution >= 4 is 17.3 Å². The van der Waals surface area contributed by atoms with E-state index in [9.17, 15) is 4.79 Å². The van der Waals surface area contributed by atoms with Gasteiger partial charge in [-0.05, 0) is 37.6 Å². The zero-order chi connectivity index (χ0) is 13.8. The third-order valence-corrected chi connectivity index (χ3v) is 4.00. The van der Waals surface area contributed by atoms with Crippen molar-refractivity contribution in [3.8, 4) is 5.75 Å². The van der Waals surface area contributed by atoms with Crippen LogP contribution in [0.4, 0.5) is 0 Å². The Morgan fingerprint density at radius 1 is 1.26 bits per heavy atom. The number of carboxylic acid groups (broad SMARTS) is 1. The molecule has 1 N–H and O–H groups in total. The maximum atomic E-state index is 11.2. The summed E-state index contributed by atoms with van der Waals surface area (Å²) in [5, 5.41) is 9.15. The Hall–Kier alpha value is -1.81. The molecule has 0 spiro atoms. The van der Waals surface area contributed by atoms with E-state index in [0.29, 0.717) is 12.4 Å². The Balaban J connectivity index is 2.12. The van der Waals surface area contributed by atoms with E-state index in [1.54, 1.807) is 23.5 Å². The number of carboxylic acids is 1. The smallest absolute Gasteiger partial charge is 0.339 e. The first-order chi connectivity index (χ1) is 9.10. The molecule has 0 amide bonds. The van der Waals surface area contributed by atoms with Crippen LogP contribution in [-0.2, 0) is 13.0 Å². The molecule has 0 aliphatic carbocycles. The van der Waals surface area contributed by atoms with Gasteiger partial charge in [0.2, 0.25) is 0 Å². The van der Waals surface area contributed by atoms with Gasteiger partial charge in [-0.2, -0.15) is 0 Å². The zero-order valence-corrected chi connectivity index (χ0v) is 11.8. The van der Waals surface area contributed by atoms with Crippen molar-refractivity contribution in [3.05, 3.63) is 51.2 Å². The fourth-order valence-corrected chi connectivity index (χ4v) is 2.65. The molecule has 0 fully saturated rings. The van der Waals surface area contributed by atoms with Gasteiger partial charge < -0.3 is 9.84 Å². The molecule has 3 nitrogen and oxygen atoms in total. The summed E-state index contributed by atoms with van der Waals surface area (Å²) in [6.07, 6.45) is 1.01. The van der Waals surface area contributed by atoms with E-state index in [1.807, 2.05) is 19.1 Å². The number of hydrogen-bond acceptors (Lipinski definition) is 3. The van der Waals surface area contributed by atoms with Crippen LogP contribution in [0.2, 0.25) is 0 Å². The standard InChI is InChI=1S/C15H16O3S/c1-3-11-5-6-12(19-11)9-18-14-7-4-10(2)8-13(14)15(16)17/h4-8H,3,9H2,1-2H3,(H,16,17). The van der Waals surface area contributed by atoms with Crippen LogP contribution < -0.4 is 4.74 Å². The first kappa shape index (κ1) is 13.6. The Labute approximate surface area is 116 Å². The van der Waals surface area contributed by atoms with E-state index in [2.05, 4.69) is 13.0 Å².